The Hall–Kier alpha value is -3.14. The molecule has 4 nitrogen and oxygen atoms in total. The fourth-order valence-corrected chi connectivity index (χ4v) is 3.63. The number of carbonyl (C=O) groups is 1. The van der Waals surface area contributed by atoms with E-state index in [1.807, 2.05) is 35.2 Å². The number of para-hydroxylation sites is 1. The van der Waals surface area contributed by atoms with Gasteiger partial charge in [-0.15, -0.1) is 0 Å². The van der Waals surface area contributed by atoms with Crippen LogP contribution in [0.25, 0.3) is 0 Å². The first-order valence-corrected chi connectivity index (χ1v) is 9.24. The van der Waals surface area contributed by atoms with E-state index in [1.54, 1.807) is 12.4 Å². The molecule has 1 aromatic heterocycles. The zero-order valence-electron chi connectivity index (χ0n) is 15.9. The average molecular weight is 357 g/mol. The van der Waals surface area contributed by atoms with Crippen LogP contribution in [0.3, 0.4) is 0 Å². The molecule has 0 spiro atoms. The Labute approximate surface area is 159 Å². The topological polar surface area (TPSA) is 45.2 Å². The number of pyridine rings is 1. The third kappa shape index (κ3) is 3.31. The van der Waals surface area contributed by atoms with Crippen molar-refractivity contribution < 1.29 is 4.79 Å². The third-order valence-electron chi connectivity index (χ3n) is 5.21. The molecule has 136 valence electrons. The number of carbonyl (C=O) groups excluding carboxylic acids is 1. The van der Waals surface area contributed by atoms with Gasteiger partial charge < -0.3 is 10.2 Å². The molecule has 1 atom stereocenters. The Morgan fingerprint density at radius 3 is 2.67 bits per heavy atom. The Morgan fingerprint density at radius 2 is 1.85 bits per heavy atom. The fourth-order valence-electron chi connectivity index (χ4n) is 3.63. The van der Waals surface area contributed by atoms with E-state index >= 15 is 0 Å². The van der Waals surface area contributed by atoms with E-state index in [4.69, 9.17) is 0 Å². The molecule has 0 saturated heterocycles. The summed E-state index contributed by atoms with van der Waals surface area (Å²) in [4.78, 5) is 19.3. The van der Waals surface area contributed by atoms with Crippen molar-refractivity contribution in [2.75, 3.05) is 10.2 Å². The molecule has 0 aliphatic carbocycles. The van der Waals surface area contributed by atoms with Crippen LogP contribution in [0, 0.1) is 13.8 Å². The predicted molar refractivity (Wildman–Crippen MR) is 110 cm³/mol. The minimum atomic E-state index is -0.0105. The number of nitrogens with zero attached hydrogens (tertiary/aromatic N) is 2. The number of hydrogen-bond donors (Lipinski definition) is 1. The molecule has 1 N–H and O–H groups in total. The van der Waals surface area contributed by atoms with E-state index in [1.165, 1.54) is 16.7 Å². The number of hydrogen-bond acceptors (Lipinski definition) is 3. The first kappa shape index (κ1) is 17.3. The van der Waals surface area contributed by atoms with Crippen molar-refractivity contribution in [1.82, 2.24) is 4.98 Å². The average Bonchev–Trinajstić information content (AvgIpc) is 3.00. The molecule has 4 heteroatoms. The summed E-state index contributed by atoms with van der Waals surface area (Å²) >= 11 is 0. The lowest BCUT2D eigenvalue weighted by molar-refractivity contribution is 0.0981. The second-order valence-corrected chi connectivity index (χ2v) is 7.24. The van der Waals surface area contributed by atoms with Crippen LogP contribution in [0.1, 0.15) is 34.0 Å². The van der Waals surface area contributed by atoms with Gasteiger partial charge in [-0.25, -0.2) is 0 Å². The normalized spacial score (nSPS) is 15.5. The van der Waals surface area contributed by atoms with Gasteiger partial charge in [0.15, 0.2) is 0 Å². The summed E-state index contributed by atoms with van der Waals surface area (Å²) in [7, 11) is 0. The van der Waals surface area contributed by atoms with Crippen molar-refractivity contribution >= 4 is 23.0 Å². The highest BCUT2D eigenvalue weighted by Gasteiger charge is 2.31. The fraction of sp³-hybridized carbons (Fsp3) is 0.217. The maximum Gasteiger partial charge on any atom is 0.260 e. The molecule has 1 aliphatic heterocycles. The van der Waals surface area contributed by atoms with Gasteiger partial charge in [0, 0.05) is 23.6 Å². The third-order valence-corrected chi connectivity index (χ3v) is 5.21. The molecule has 0 radical (unpaired) electrons. The van der Waals surface area contributed by atoms with Gasteiger partial charge in [-0.3, -0.25) is 9.78 Å². The van der Waals surface area contributed by atoms with E-state index in [-0.39, 0.29) is 11.9 Å². The van der Waals surface area contributed by atoms with Crippen LogP contribution in [-0.4, -0.2) is 16.9 Å². The quantitative estimate of drug-likeness (QED) is 0.715. The summed E-state index contributed by atoms with van der Waals surface area (Å²) in [5.74, 6) is -0.0105. The predicted octanol–water partition coefficient (Wildman–Crippen LogP) is 5.03. The molecule has 1 aliphatic rings. The molecule has 0 saturated carbocycles. The highest BCUT2D eigenvalue weighted by Crippen LogP contribution is 2.33. The van der Waals surface area contributed by atoms with Gasteiger partial charge in [0.25, 0.3) is 5.91 Å². The van der Waals surface area contributed by atoms with Crippen molar-refractivity contribution in [1.29, 1.82) is 0 Å². The van der Waals surface area contributed by atoms with E-state index < -0.39 is 0 Å². The standard InChI is InChI=1S/C23H23N3O/c1-15-8-9-20(10-16(15)2)25-21-12-19(13-24-14-21)23(27)26-17(3)11-18-6-4-5-7-22(18)26/h4-10,12-14,17,25H,11H2,1-3H3. The Balaban J connectivity index is 1.60. The van der Waals surface area contributed by atoms with E-state index in [9.17, 15) is 4.79 Å². The number of anilines is 3. The Morgan fingerprint density at radius 1 is 1.04 bits per heavy atom. The van der Waals surface area contributed by atoms with E-state index in [2.05, 4.69) is 49.3 Å². The van der Waals surface area contributed by atoms with Crippen LogP contribution in [-0.2, 0) is 6.42 Å². The largest absolute Gasteiger partial charge is 0.354 e. The molecule has 1 amide bonds. The summed E-state index contributed by atoms with van der Waals surface area (Å²) in [5.41, 5.74) is 7.09. The number of fused-ring (bicyclic) bond motifs is 1. The van der Waals surface area contributed by atoms with Gasteiger partial charge in [-0.1, -0.05) is 24.3 Å². The lowest BCUT2D eigenvalue weighted by Crippen LogP contribution is -2.35. The number of aromatic nitrogens is 1. The monoisotopic (exact) mass is 357 g/mol. The van der Waals surface area contributed by atoms with Crippen molar-refractivity contribution in [3.63, 3.8) is 0 Å². The number of aryl methyl sites for hydroxylation is 2. The highest BCUT2D eigenvalue weighted by molar-refractivity contribution is 6.08. The summed E-state index contributed by atoms with van der Waals surface area (Å²) in [6, 6.07) is 16.4. The SMILES string of the molecule is Cc1ccc(Nc2cncc(C(=O)N3c4ccccc4CC3C)c2)cc1C. The van der Waals surface area contributed by atoms with Gasteiger partial charge in [0.2, 0.25) is 0 Å². The lowest BCUT2D eigenvalue weighted by Gasteiger charge is -2.23. The van der Waals surface area contributed by atoms with Crippen LogP contribution in [0.5, 0.6) is 0 Å². The molecule has 0 bridgehead atoms. The smallest absolute Gasteiger partial charge is 0.260 e. The number of rotatable bonds is 3. The van der Waals surface area contributed by atoms with E-state index in [0.29, 0.717) is 5.56 Å². The Bertz CT molecular complexity index is 1010. The van der Waals surface area contributed by atoms with Crippen LogP contribution < -0.4 is 10.2 Å². The van der Waals surface area contributed by atoms with E-state index in [0.717, 1.165) is 23.5 Å². The van der Waals surface area contributed by atoms with Crippen LogP contribution >= 0.6 is 0 Å². The summed E-state index contributed by atoms with van der Waals surface area (Å²) < 4.78 is 0. The number of amides is 1. The van der Waals surface area contributed by atoms with Crippen LogP contribution in [0.2, 0.25) is 0 Å². The van der Waals surface area contributed by atoms with Crippen molar-refractivity contribution in [3.8, 4) is 0 Å². The molecule has 1 unspecified atom stereocenters. The van der Waals surface area contributed by atoms with Gasteiger partial charge >= 0.3 is 0 Å². The maximum absolute atomic E-state index is 13.2. The number of nitrogens with one attached hydrogen (secondary N) is 1. The molecular weight excluding hydrogens is 334 g/mol. The van der Waals surface area contributed by atoms with Gasteiger partial charge in [-0.05, 0) is 68.1 Å². The molecule has 2 heterocycles. The summed E-state index contributed by atoms with van der Waals surface area (Å²) in [5, 5.41) is 3.35. The second kappa shape index (κ2) is 6.88. The molecule has 4 rings (SSSR count). The first-order chi connectivity index (χ1) is 13.0. The van der Waals surface area contributed by atoms with Crippen LogP contribution in [0.15, 0.2) is 60.9 Å². The lowest BCUT2D eigenvalue weighted by atomic mass is 10.1. The molecule has 3 aromatic rings. The minimum absolute atomic E-state index is 0.0105. The second-order valence-electron chi connectivity index (χ2n) is 7.24. The van der Waals surface area contributed by atoms with Gasteiger partial charge in [-0.2, -0.15) is 0 Å². The van der Waals surface area contributed by atoms with Crippen molar-refractivity contribution in [2.24, 2.45) is 0 Å². The zero-order chi connectivity index (χ0) is 19.0. The first-order valence-electron chi connectivity index (χ1n) is 9.24. The maximum atomic E-state index is 13.2. The van der Waals surface area contributed by atoms with Crippen LogP contribution in [0.4, 0.5) is 17.1 Å². The number of benzene rings is 2. The molecule has 0 fully saturated rings. The zero-order valence-corrected chi connectivity index (χ0v) is 15.9. The molecule has 2 aromatic carbocycles. The van der Waals surface area contributed by atoms with Crippen molar-refractivity contribution in [3.05, 3.63) is 83.2 Å². The summed E-state index contributed by atoms with van der Waals surface area (Å²) in [6.45, 7) is 6.27. The summed E-state index contributed by atoms with van der Waals surface area (Å²) in [6.07, 6.45) is 4.27. The minimum Gasteiger partial charge on any atom is -0.354 e. The highest BCUT2D eigenvalue weighted by atomic mass is 16.2. The molecular formula is C23H23N3O. The Kier molecular flexibility index (Phi) is 4.40. The molecule has 27 heavy (non-hydrogen) atoms. The van der Waals surface area contributed by atoms with Crippen molar-refractivity contribution in [2.45, 2.75) is 33.2 Å². The van der Waals surface area contributed by atoms with Gasteiger partial charge in [0.05, 0.1) is 17.4 Å². The van der Waals surface area contributed by atoms with Gasteiger partial charge in [0.1, 0.15) is 0 Å².